The Morgan fingerprint density at radius 2 is 1.59 bits per heavy atom. The second kappa shape index (κ2) is 12.4. The van der Waals surface area contributed by atoms with Crippen molar-refractivity contribution in [3.05, 3.63) is 0 Å². The first kappa shape index (κ1) is 17.0. The molecular weight excluding hydrogens is 236 g/mol. The van der Waals surface area contributed by atoms with Crippen LogP contribution in [0.15, 0.2) is 0 Å². The van der Waals surface area contributed by atoms with Crippen molar-refractivity contribution in [1.82, 2.24) is 10.6 Å². The summed E-state index contributed by atoms with van der Waals surface area (Å²) in [5.74, 6) is 0. The fourth-order valence-corrected chi connectivity index (χ4v) is 2.84. The summed E-state index contributed by atoms with van der Waals surface area (Å²) in [6, 6.07) is 1.03. The van der Waals surface area contributed by atoms with Gasteiger partial charge in [0.2, 0.25) is 0 Å². The molecule has 0 radical (unpaired) electrons. The third kappa shape index (κ3) is 9.66. The first-order valence-electron chi connectivity index (χ1n) is 6.21. The molecule has 17 heavy (non-hydrogen) atoms. The van der Waals surface area contributed by atoms with Crippen LogP contribution in [0.4, 0.5) is 0 Å². The zero-order valence-corrected chi connectivity index (χ0v) is 12.2. The summed E-state index contributed by atoms with van der Waals surface area (Å²) in [5.41, 5.74) is 11.0. The van der Waals surface area contributed by atoms with Crippen LogP contribution in [0.2, 0.25) is 6.04 Å². The van der Waals surface area contributed by atoms with Crippen LogP contribution in [0.5, 0.6) is 0 Å². The van der Waals surface area contributed by atoms with E-state index in [-0.39, 0.29) is 6.17 Å². The summed E-state index contributed by atoms with van der Waals surface area (Å²) in [5, 5.41) is 6.71. The maximum Gasteiger partial charge on any atom is 0.320 e. The first-order valence-corrected chi connectivity index (χ1v) is 7.96. The Morgan fingerprint density at radius 1 is 1.06 bits per heavy atom. The highest BCUT2D eigenvalue weighted by Gasteiger charge is 2.11. The predicted molar refractivity (Wildman–Crippen MR) is 73.1 cm³/mol. The van der Waals surface area contributed by atoms with E-state index in [1.165, 1.54) is 0 Å². The zero-order valence-electron chi connectivity index (χ0n) is 11.1. The lowest BCUT2D eigenvalue weighted by molar-refractivity contribution is 0.274. The highest BCUT2D eigenvalue weighted by molar-refractivity contribution is 6.44. The molecule has 6 nitrogen and oxygen atoms in total. The van der Waals surface area contributed by atoms with E-state index in [0.29, 0.717) is 13.1 Å². The average Bonchev–Trinajstić information content (AvgIpc) is 2.37. The van der Waals surface area contributed by atoms with E-state index in [1.807, 2.05) is 0 Å². The van der Waals surface area contributed by atoms with Gasteiger partial charge >= 0.3 is 9.28 Å². The second-order valence-electron chi connectivity index (χ2n) is 3.87. The van der Waals surface area contributed by atoms with E-state index in [2.05, 4.69) is 10.6 Å². The van der Waals surface area contributed by atoms with Crippen molar-refractivity contribution in [2.75, 3.05) is 40.4 Å². The normalized spacial score (nSPS) is 11.6. The average molecular weight is 264 g/mol. The summed E-state index contributed by atoms with van der Waals surface area (Å²) in [6.45, 7) is 2.93. The van der Waals surface area contributed by atoms with Gasteiger partial charge in [0.25, 0.3) is 0 Å². The lowest BCUT2D eigenvalue weighted by Crippen LogP contribution is -2.46. The smallest absolute Gasteiger partial charge is 0.320 e. The van der Waals surface area contributed by atoms with Crippen LogP contribution in [0.1, 0.15) is 12.8 Å². The topological polar surface area (TPSA) is 94.6 Å². The quantitative estimate of drug-likeness (QED) is 0.259. The van der Waals surface area contributed by atoms with Crippen LogP contribution in [0.25, 0.3) is 0 Å². The molecule has 0 aromatic carbocycles. The summed E-state index contributed by atoms with van der Waals surface area (Å²) in [7, 11) is 2.03. The molecule has 0 spiro atoms. The van der Waals surface area contributed by atoms with Gasteiger partial charge in [-0.25, -0.2) is 0 Å². The molecule has 0 unspecified atom stereocenters. The summed E-state index contributed by atoms with van der Waals surface area (Å²) < 4.78 is 10.6. The van der Waals surface area contributed by atoms with E-state index in [0.717, 1.165) is 32.0 Å². The minimum absolute atomic E-state index is 0.283. The van der Waals surface area contributed by atoms with E-state index in [4.69, 9.17) is 20.3 Å². The van der Waals surface area contributed by atoms with Crippen molar-refractivity contribution < 1.29 is 8.85 Å². The summed E-state index contributed by atoms with van der Waals surface area (Å²) in [4.78, 5) is 0. The van der Waals surface area contributed by atoms with Crippen molar-refractivity contribution >= 4 is 9.28 Å². The monoisotopic (exact) mass is 264 g/mol. The molecule has 0 heterocycles. The van der Waals surface area contributed by atoms with Gasteiger partial charge in [-0.3, -0.25) is 0 Å². The van der Waals surface area contributed by atoms with Gasteiger partial charge in [0.1, 0.15) is 0 Å². The van der Waals surface area contributed by atoms with Crippen LogP contribution in [-0.4, -0.2) is 55.8 Å². The van der Waals surface area contributed by atoms with Gasteiger partial charge in [-0.15, -0.1) is 0 Å². The van der Waals surface area contributed by atoms with Crippen molar-refractivity contribution in [2.45, 2.75) is 25.1 Å². The fourth-order valence-electron chi connectivity index (χ4n) is 1.61. The number of hydrogen-bond acceptors (Lipinski definition) is 6. The van der Waals surface area contributed by atoms with Gasteiger partial charge in [0.15, 0.2) is 0 Å². The van der Waals surface area contributed by atoms with Crippen molar-refractivity contribution in [3.63, 3.8) is 0 Å². The molecule has 7 heteroatoms. The van der Waals surface area contributed by atoms with Gasteiger partial charge in [0, 0.05) is 40.4 Å². The molecular formula is C10H28N4O2Si. The Balaban J connectivity index is 3.72. The van der Waals surface area contributed by atoms with Crippen molar-refractivity contribution in [3.8, 4) is 0 Å². The van der Waals surface area contributed by atoms with Gasteiger partial charge in [-0.2, -0.15) is 0 Å². The molecule has 104 valence electrons. The predicted octanol–water partition coefficient (Wildman–Crippen LogP) is -1.30. The SMILES string of the molecule is CO[SiH](CCCC(NCCN)NCCN)OC. The standard InChI is InChI=1S/C10H28N4O2Si/c1-15-17(16-2)9-3-4-10(13-7-5-11)14-8-6-12/h10,13-14,17H,3-9,11-12H2,1-2H3. The van der Waals surface area contributed by atoms with Crippen molar-refractivity contribution in [1.29, 1.82) is 0 Å². The second-order valence-corrected chi connectivity index (χ2v) is 6.25. The fraction of sp³-hybridized carbons (Fsp3) is 1.00. The Hall–Kier alpha value is -0.0231. The molecule has 0 rings (SSSR count). The first-order chi connectivity index (χ1) is 8.28. The summed E-state index contributed by atoms with van der Waals surface area (Å²) >= 11 is 0. The lowest BCUT2D eigenvalue weighted by atomic mass is 10.2. The molecule has 0 aliphatic heterocycles. The number of nitrogens with one attached hydrogen (secondary N) is 2. The van der Waals surface area contributed by atoms with Gasteiger partial charge in [-0.1, -0.05) is 0 Å². The molecule has 6 N–H and O–H groups in total. The van der Waals surface area contributed by atoms with E-state index < -0.39 is 9.28 Å². The third-order valence-electron chi connectivity index (χ3n) is 2.53. The van der Waals surface area contributed by atoms with Gasteiger partial charge in [0.05, 0.1) is 6.17 Å². The number of nitrogens with two attached hydrogens (primary N) is 2. The lowest BCUT2D eigenvalue weighted by Gasteiger charge is -2.20. The maximum atomic E-state index is 5.48. The van der Waals surface area contributed by atoms with E-state index in [9.17, 15) is 0 Å². The van der Waals surface area contributed by atoms with Crippen LogP contribution < -0.4 is 22.1 Å². The Kier molecular flexibility index (Phi) is 12.4. The molecule has 0 bridgehead atoms. The molecule has 0 fully saturated rings. The largest absolute Gasteiger partial charge is 0.400 e. The van der Waals surface area contributed by atoms with E-state index in [1.54, 1.807) is 14.2 Å². The Bertz CT molecular complexity index is 153. The number of hydrogen-bond donors (Lipinski definition) is 4. The molecule has 0 aliphatic rings. The zero-order chi connectivity index (χ0) is 12.9. The summed E-state index contributed by atoms with van der Waals surface area (Å²) in [6.07, 6.45) is 2.40. The highest BCUT2D eigenvalue weighted by atomic mass is 28.3. The third-order valence-corrected chi connectivity index (χ3v) is 4.46. The Morgan fingerprint density at radius 3 is 2.00 bits per heavy atom. The molecule has 0 amide bonds. The molecule has 0 aromatic rings. The Labute approximate surface area is 106 Å². The minimum atomic E-state index is -1.41. The minimum Gasteiger partial charge on any atom is -0.400 e. The van der Waals surface area contributed by atoms with Crippen LogP contribution >= 0.6 is 0 Å². The van der Waals surface area contributed by atoms with Crippen LogP contribution in [0, 0.1) is 0 Å². The molecule has 0 saturated carbocycles. The van der Waals surface area contributed by atoms with Gasteiger partial charge < -0.3 is 31.0 Å². The van der Waals surface area contributed by atoms with Crippen LogP contribution in [-0.2, 0) is 8.85 Å². The van der Waals surface area contributed by atoms with Crippen molar-refractivity contribution in [2.24, 2.45) is 11.5 Å². The highest BCUT2D eigenvalue weighted by Crippen LogP contribution is 2.04. The van der Waals surface area contributed by atoms with Crippen LogP contribution in [0.3, 0.4) is 0 Å². The molecule has 0 atom stereocenters. The number of rotatable bonds is 12. The van der Waals surface area contributed by atoms with Gasteiger partial charge in [-0.05, 0) is 18.9 Å². The molecule has 0 aliphatic carbocycles. The molecule has 0 aromatic heterocycles. The molecule has 0 saturated heterocycles. The maximum absolute atomic E-state index is 5.48. The van der Waals surface area contributed by atoms with E-state index >= 15 is 0 Å².